The van der Waals surface area contributed by atoms with Crippen molar-refractivity contribution in [2.24, 2.45) is 0 Å². The molecule has 0 saturated carbocycles. The Balaban J connectivity index is 1.86. The van der Waals surface area contributed by atoms with Crippen LogP contribution >= 0.6 is 0 Å². The Morgan fingerprint density at radius 3 is 2.74 bits per heavy atom. The smallest absolute Gasteiger partial charge is 0.336 e. The van der Waals surface area contributed by atoms with Crippen LogP contribution in [-0.2, 0) is 13.0 Å². The lowest BCUT2D eigenvalue weighted by Crippen LogP contribution is -2.32. The first-order chi connectivity index (χ1) is 11.3. The lowest BCUT2D eigenvalue weighted by molar-refractivity contribution is 0.289. The van der Waals surface area contributed by atoms with Gasteiger partial charge in [-0.3, -0.25) is 0 Å². The number of anilines is 1. The molecule has 4 heteroatoms. The van der Waals surface area contributed by atoms with Crippen molar-refractivity contribution in [2.75, 3.05) is 11.6 Å². The summed E-state index contributed by atoms with van der Waals surface area (Å²) in [6.07, 6.45) is 0.796. The highest BCUT2D eigenvalue weighted by Gasteiger charge is 2.22. The standard InChI is InChI=1S/C19H17NO3/c1-2-13-10-18(21)23-19-15(13)8-9-17-16(19)11-20(12-22-17)14-6-4-3-5-7-14/h3-10H,2,11-12H2,1H3. The van der Waals surface area contributed by atoms with E-state index in [0.717, 1.165) is 34.4 Å². The van der Waals surface area contributed by atoms with Gasteiger partial charge in [-0.05, 0) is 36.2 Å². The first kappa shape index (κ1) is 13.9. The number of para-hydroxylation sites is 1. The quantitative estimate of drug-likeness (QED) is 0.677. The fourth-order valence-corrected chi connectivity index (χ4v) is 3.10. The first-order valence-electron chi connectivity index (χ1n) is 7.77. The van der Waals surface area contributed by atoms with Crippen LogP contribution in [0.3, 0.4) is 0 Å². The molecule has 0 atom stereocenters. The van der Waals surface area contributed by atoms with E-state index in [1.165, 1.54) is 0 Å². The number of benzene rings is 2. The number of nitrogens with zero attached hydrogens (tertiary/aromatic N) is 1. The van der Waals surface area contributed by atoms with Gasteiger partial charge in [0.25, 0.3) is 0 Å². The van der Waals surface area contributed by atoms with E-state index < -0.39 is 0 Å². The first-order valence-corrected chi connectivity index (χ1v) is 7.77. The molecule has 1 aliphatic heterocycles. The SMILES string of the molecule is CCc1cc(=O)oc2c3c(ccc12)OCN(c1ccccc1)C3. The van der Waals surface area contributed by atoms with Crippen molar-refractivity contribution in [3.8, 4) is 5.75 Å². The summed E-state index contributed by atoms with van der Waals surface area (Å²) in [6, 6.07) is 15.6. The van der Waals surface area contributed by atoms with E-state index in [4.69, 9.17) is 9.15 Å². The minimum Gasteiger partial charge on any atom is -0.473 e. The summed E-state index contributed by atoms with van der Waals surface area (Å²) in [4.78, 5) is 14.0. The molecule has 1 aromatic heterocycles. The zero-order valence-corrected chi connectivity index (χ0v) is 12.9. The number of aryl methyl sites for hydroxylation is 1. The van der Waals surface area contributed by atoms with Gasteiger partial charge in [-0.25, -0.2) is 4.79 Å². The van der Waals surface area contributed by atoms with Crippen LogP contribution in [0.4, 0.5) is 5.69 Å². The van der Waals surface area contributed by atoms with E-state index in [2.05, 4.69) is 4.90 Å². The molecular weight excluding hydrogens is 290 g/mol. The van der Waals surface area contributed by atoms with Gasteiger partial charge in [0.05, 0.1) is 12.1 Å². The molecule has 4 nitrogen and oxygen atoms in total. The van der Waals surface area contributed by atoms with Gasteiger partial charge in [0, 0.05) is 17.1 Å². The monoisotopic (exact) mass is 307 g/mol. The molecule has 0 unspecified atom stereocenters. The van der Waals surface area contributed by atoms with E-state index in [9.17, 15) is 4.79 Å². The maximum Gasteiger partial charge on any atom is 0.336 e. The highest BCUT2D eigenvalue weighted by Crippen LogP contribution is 2.34. The van der Waals surface area contributed by atoms with Crippen LogP contribution in [0.2, 0.25) is 0 Å². The van der Waals surface area contributed by atoms with Crippen molar-refractivity contribution in [1.82, 2.24) is 0 Å². The van der Waals surface area contributed by atoms with Crippen LogP contribution in [0.25, 0.3) is 11.0 Å². The summed E-state index contributed by atoms with van der Waals surface area (Å²) in [7, 11) is 0. The number of hydrogen-bond donors (Lipinski definition) is 0. The predicted molar refractivity (Wildman–Crippen MR) is 90.0 cm³/mol. The largest absolute Gasteiger partial charge is 0.473 e. The fraction of sp³-hybridized carbons (Fsp3) is 0.211. The van der Waals surface area contributed by atoms with Crippen LogP contribution in [0.5, 0.6) is 5.75 Å². The molecule has 3 aromatic rings. The third-order valence-corrected chi connectivity index (χ3v) is 4.29. The van der Waals surface area contributed by atoms with Crippen molar-refractivity contribution < 1.29 is 9.15 Å². The van der Waals surface area contributed by atoms with Gasteiger partial charge in [-0.2, -0.15) is 0 Å². The van der Waals surface area contributed by atoms with E-state index in [1.807, 2.05) is 49.4 Å². The zero-order chi connectivity index (χ0) is 15.8. The van der Waals surface area contributed by atoms with E-state index in [0.29, 0.717) is 18.9 Å². The van der Waals surface area contributed by atoms with Gasteiger partial charge in [0.15, 0.2) is 6.73 Å². The van der Waals surface area contributed by atoms with Crippen LogP contribution in [-0.4, -0.2) is 6.73 Å². The van der Waals surface area contributed by atoms with Crippen molar-refractivity contribution in [3.05, 3.63) is 70.1 Å². The Morgan fingerprint density at radius 2 is 1.96 bits per heavy atom. The molecule has 116 valence electrons. The van der Waals surface area contributed by atoms with Crippen LogP contribution in [0.1, 0.15) is 18.1 Å². The molecule has 2 heterocycles. The maximum atomic E-state index is 11.9. The Bertz CT molecular complexity index is 915. The summed E-state index contributed by atoms with van der Waals surface area (Å²) < 4.78 is 11.4. The lowest BCUT2D eigenvalue weighted by Gasteiger charge is -2.31. The summed E-state index contributed by atoms with van der Waals surface area (Å²) in [5, 5.41) is 0.990. The molecule has 1 aliphatic rings. The lowest BCUT2D eigenvalue weighted by atomic mass is 10.0. The molecule has 0 spiro atoms. The van der Waals surface area contributed by atoms with Gasteiger partial charge in [0.1, 0.15) is 11.3 Å². The van der Waals surface area contributed by atoms with E-state index >= 15 is 0 Å². The Labute approximate surface area is 133 Å². The molecular formula is C19H17NO3. The minimum atomic E-state index is -0.306. The van der Waals surface area contributed by atoms with Crippen LogP contribution in [0.15, 0.2) is 57.7 Å². The molecule has 0 aliphatic carbocycles. The zero-order valence-electron chi connectivity index (χ0n) is 12.9. The second-order valence-electron chi connectivity index (χ2n) is 5.67. The number of rotatable bonds is 2. The molecule has 2 aromatic carbocycles. The molecule has 0 radical (unpaired) electrons. The summed E-state index contributed by atoms with van der Waals surface area (Å²) in [5.74, 6) is 0.793. The molecule has 0 fully saturated rings. The van der Waals surface area contributed by atoms with Gasteiger partial charge in [0.2, 0.25) is 0 Å². The van der Waals surface area contributed by atoms with E-state index in [1.54, 1.807) is 6.07 Å². The number of fused-ring (bicyclic) bond motifs is 3. The summed E-state index contributed by atoms with van der Waals surface area (Å²) in [6.45, 7) is 3.19. The molecule has 0 saturated heterocycles. The third kappa shape index (κ3) is 2.36. The maximum absolute atomic E-state index is 11.9. The van der Waals surface area contributed by atoms with Crippen LogP contribution < -0.4 is 15.3 Å². The number of hydrogen-bond acceptors (Lipinski definition) is 4. The van der Waals surface area contributed by atoms with Crippen molar-refractivity contribution in [3.63, 3.8) is 0 Å². The number of ether oxygens (including phenoxy) is 1. The van der Waals surface area contributed by atoms with Gasteiger partial charge >= 0.3 is 5.63 Å². The van der Waals surface area contributed by atoms with Crippen molar-refractivity contribution in [2.45, 2.75) is 19.9 Å². The van der Waals surface area contributed by atoms with Gasteiger partial charge < -0.3 is 14.1 Å². The molecule has 4 rings (SSSR count). The fourth-order valence-electron chi connectivity index (χ4n) is 3.10. The van der Waals surface area contributed by atoms with Gasteiger partial charge in [-0.15, -0.1) is 0 Å². The second kappa shape index (κ2) is 5.47. The van der Waals surface area contributed by atoms with Crippen LogP contribution in [0, 0.1) is 0 Å². The average Bonchev–Trinajstić information content (AvgIpc) is 2.61. The topological polar surface area (TPSA) is 42.7 Å². The Morgan fingerprint density at radius 1 is 1.13 bits per heavy atom. The van der Waals surface area contributed by atoms with Crippen molar-refractivity contribution >= 4 is 16.7 Å². The molecule has 0 amide bonds. The normalized spacial score (nSPS) is 13.7. The Hall–Kier alpha value is -2.75. The minimum absolute atomic E-state index is 0.306. The average molecular weight is 307 g/mol. The van der Waals surface area contributed by atoms with Crippen molar-refractivity contribution in [1.29, 1.82) is 0 Å². The highest BCUT2D eigenvalue weighted by molar-refractivity contribution is 5.85. The Kier molecular flexibility index (Phi) is 3.30. The molecule has 0 N–H and O–H groups in total. The van der Waals surface area contributed by atoms with E-state index in [-0.39, 0.29) is 5.63 Å². The summed E-state index contributed by atoms with van der Waals surface area (Å²) in [5.41, 5.74) is 3.37. The molecule has 23 heavy (non-hydrogen) atoms. The van der Waals surface area contributed by atoms with Gasteiger partial charge in [-0.1, -0.05) is 25.1 Å². The highest BCUT2D eigenvalue weighted by atomic mass is 16.5. The second-order valence-corrected chi connectivity index (χ2v) is 5.67. The predicted octanol–water partition coefficient (Wildman–Crippen LogP) is 3.71. The molecule has 0 bridgehead atoms. The summed E-state index contributed by atoms with van der Waals surface area (Å²) >= 11 is 0. The third-order valence-electron chi connectivity index (χ3n) is 4.29.